The number of allylic oxidation sites excluding steroid dienone is 2. The van der Waals surface area contributed by atoms with Crippen molar-refractivity contribution in [3.05, 3.63) is 41.3 Å². The van der Waals surface area contributed by atoms with Gasteiger partial charge in [0.1, 0.15) is 0 Å². The standard InChI is InChI=1S/C18H26S.5FH/c1-2-3-4-6-9-16-12-14-18(15-13-16)19-17-10-7-5-8-11-17;;;;;/h5,7-8,10-11,14,16H,2-4,6,9,12-13,15H2,1H3;5*1H. The molecule has 1 aromatic rings. The summed E-state index contributed by atoms with van der Waals surface area (Å²) in [6.45, 7) is 2.29. The van der Waals surface area contributed by atoms with Crippen LogP contribution in [0.2, 0.25) is 0 Å². The molecule has 0 nitrogen and oxygen atoms in total. The second-order valence-corrected chi connectivity index (χ2v) is 6.78. The van der Waals surface area contributed by atoms with E-state index in [-0.39, 0.29) is 23.5 Å². The van der Waals surface area contributed by atoms with Crippen molar-refractivity contribution in [2.75, 3.05) is 0 Å². The molecule has 0 fully saturated rings. The molecule has 1 atom stereocenters. The lowest BCUT2D eigenvalue weighted by Crippen LogP contribution is -2.04. The molecule has 1 aliphatic carbocycles. The third-order valence-electron chi connectivity index (χ3n) is 3.94. The lowest BCUT2D eigenvalue weighted by atomic mass is 9.89. The Balaban J connectivity index is -0.000000400. The first kappa shape index (κ1) is 30.8. The summed E-state index contributed by atoms with van der Waals surface area (Å²) in [6.07, 6.45) is 13.6. The number of thioether (sulfide) groups is 1. The lowest BCUT2D eigenvalue weighted by molar-refractivity contribution is 0.419. The maximum Gasteiger partial charge on any atom is 0.0118 e. The molecule has 0 aliphatic heterocycles. The van der Waals surface area contributed by atoms with E-state index >= 15 is 0 Å². The van der Waals surface area contributed by atoms with Crippen LogP contribution in [0.15, 0.2) is 46.2 Å². The molecule has 0 saturated carbocycles. The Labute approximate surface area is 146 Å². The second kappa shape index (κ2) is 18.3. The molecule has 0 heterocycles. The van der Waals surface area contributed by atoms with Gasteiger partial charge in [-0.1, -0.05) is 75.1 Å². The van der Waals surface area contributed by atoms with Crippen LogP contribution in [-0.4, -0.2) is 0 Å². The van der Waals surface area contributed by atoms with Crippen LogP contribution >= 0.6 is 11.8 Å². The zero-order valence-corrected chi connectivity index (χ0v) is 15.0. The molecule has 6 heteroatoms. The van der Waals surface area contributed by atoms with Crippen molar-refractivity contribution in [3.8, 4) is 0 Å². The maximum absolute atomic E-state index is 2.49. The van der Waals surface area contributed by atoms with Crippen LogP contribution in [0.4, 0.5) is 23.5 Å². The number of rotatable bonds is 7. The van der Waals surface area contributed by atoms with Gasteiger partial charge in [-0.2, -0.15) is 0 Å². The fraction of sp³-hybridized carbons (Fsp3) is 0.556. The summed E-state index contributed by atoms with van der Waals surface area (Å²) in [5.74, 6) is 0.956. The van der Waals surface area contributed by atoms with Crippen molar-refractivity contribution in [1.29, 1.82) is 0 Å². The van der Waals surface area contributed by atoms with Crippen LogP contribution in [-0.2, 0) is 0 Å². The Morgan fingerprint density at radius 2 is 1.58 bits per heavy atom. The number of hydrogen-bond acceptors (Lipinski definition) is 1. The lowest BCUT2D eigenvalue weighted by Gasteiger charge is -2.21. The molecule has 0 radical (unpaired) electrons. The molecule has 0 aromatic heterocycles. The normalized spacial score (nSPS) is 15.2. The van der Waals surface area contributed by atoms with Crippen molar-refractivity contribution in [2.24, 2.45) is 5.92 Å². The Hall–Kier alpha value is -1.04. The molecule has 1 aliphatic rings. The van der Waals surface area contributed by atoms with E-state index < -0.39 is 0 Å². The van der Waals surface area contributed by atoms with Gasteiger partial charge in [0.25, 0.3) is 0 Å². The summed E-state index contributed by atoms with van der Waals surface area (Å²) in [5.41, 5.74) is 0. The average Bonchev–Trinajstić information content (AvgIpc) is 2.46. The summed E-state index contributed by atoms with van der Waals surface area (Å²) in [7, 11) is 0. The van der Waals surface area contributed by atoms with Gasteiger partial charge >= 0.3 is 0 Å². The largest absolute Gasteiger partial charge is 0.269 e. The highest BCUT2D eigenvalue weighted by molar-refractivity contribution is 8.03. The van der Waals surface area contributed by atoms with E-state index in [0.29, 0.717) is 0 Å². The van der Waals surface area contributed by atoms with Crippen LogP contribution in [0.5, 0.6) is 0 Å². The van der Waals surface area contributed by atoms with Crippen LogP contribution in [0.3, 0.4) is 0 Å². The molecule has 24 heavy (non-hydrogen) atoms. The van der Waals surface area contributed by atoms with E-state index in [2.05, 4.69) is 43.3 Å². The highest BCUT2D eigenvalue weighted by atomic mass is 32.2. The molecule has 0 N–H and O–H groups in total. The monoisotopic (exact) mass is 374 g/mol. The topological polar surface area (TPSA) is 0 Å². The Morgan fingerprint density at radius 1 is 0.917 bits per heavy atom. The Kier molecular flexibility index (Phi) is 23.5. The van der Waals surface area contributed by atoms with Gasteiger partial charge in [-0.15, -0.1) is 0 Å². The molecule has 0 bridgehead atoms. The zero-order valence-electron chi connectivity index (χ0n) is 14.1. The minimum Gasteiger partial charge on any atom is -0.269 e. The quantitative estimate of drug-likeness (QED) is 0.359. The van der Waals surface area contributed by atoms with E-state index in [0.717, 1.165) is 5.92 Å². The fourth-order valence-corrected chi connectivity index (χ4v) is 3.71. The molecule has 1 unspecified atom stereocenters. The van der Waals surface area contributed by atoms with Crippen molar-refractivity contribution in [3.63, 3.8) is 0 Å². The van der Waals surface area contributed by atoms with Crippen LogP contribution in [0, 0.1) is 5.92 Å². The second-order valence-electron chi connectivity index (χ2n) is 5.58. The SMILES string of the molecule is CCCCCCC1CC=C(Sc2ccccc2)CC1.F.F.F.F.F. The minimum atomic E-state index is 0. The van der Waals surface area contributed by atoms with Gasteiger partial charge in [-0.25, -0.2) is 0 Å². The summed E-state index contributed by atoms with van der Waals surface area (Å²) < 4.78 is 0. The van der Waals surface area contributed by atoms with Crippen molar-refractivity contribution < 1.29 is 23.5 Å². The summed E-state index contributed by atoms with van der Waals surface area (Å²) >= 11 is 1.96. The fourth-order valence-electron chi connectivity index (χ4n) is 2.72. The predicted octanol–water partition coefficient (Wildman–Crippen LogP) is 7.20. The van der Waals surface area contributed by atoms with E-state index in [9.17, 15) is 0 Å². The molecular weight excluding hydrogens is 343 g/mol. The molecule has 0 spiro atoms. The van der Waals surface area contributed by atoms with Crippen LogP contribution in [0.1, 0.15) is 58.3 Å². The average molecular weight is 375 g/mol. The van der Waals surface area contributed by atoms with Crippen LogP contribution in [0.25, 0.3) is 0 Å². The first-order valence-electron chi connectivity index (χ1n) is 7.80. The summed E-state index contributed by atoms with van der Waals surface area (Å²) in [4.78, 5) is 2.96. The Morgan fingerprint density at radius 3 is 2.12 bits per heavy atom. The number of benzene rings is 1. The van der Waals surface area contributed by atoms with Crippen molar-refractivity contribution >= 4 is 11.8 Å². The van der Waals surface area contributed by atoms with Gasteiger partial charge in [0.15, 0.2) is 0 Å². The van der Waals surface area contributed by atoms with Gasteiger partial charge in [0.2, 0.25) is 0 Å². The van der Waals surface area contributed by atoms with Crippen molar-refractivity contribution in [1.82, 2.24) is 0 Å². The first-order chi connectivity index (χ1) is 9.38. The Bertz CT molecular complexity index is 398. The molecular formula is C18H31F5S. The van der Waals surface area contributed by atoms with Crippen molar-refractivity contribution in [2.45, 2.75) is 63.2 Å². The number of halogens is 5. The van der Waals surface area contributed by atoms with Crippen LogP contribution < -0.4 is 0 Å². The molecule has 2 rings (SSSR count). The zero-order chi connectivity index (χ0) is 13.3. The highest BCUT2D eigenvalue weighted by Crippen LogP contribution is 2.36. The van der Waals surface area contributed by atoms with E-state index in [4.69, 9.17) is 0 Å². The molecule has 144 valence electrons. The first-order valence-corrected chi connectivity index (χ1v) is 8.62. The molecule has 0 saturated heterocycles. The predicted molar refractivity (Wildman–Crippen MR) is 99.0 cm³/mol. The third kappa shape index (κ3) is 11.5. The number of unbranched alkanes of at least 4 members (excludes halogenated alkanes) is 3. The van der Waals surface area contributed by atoms with E-state index in [1.807, 2.05) is 11.8 Å². The van der Waals surface area contributed by atoms with Gasteiger partial charge in [-0.3, -0.25) is 23.5 Å². The van der Waals surface area contributed by atoms with Gasteiger partial charge in [-0.05, 0) is 42.2 Å². The van der Waals surface area contributed by atoms with Gasteiger partial charge < -0.3 is 0 Å². The molecule has 0 amide bonds. The smallest absolute Gasteiger partial charge is 0.0118 e. The summed E-state index contributed by atoms with van der Waals surface area (Å²) in [5, 5.41) is 0. The van der Waals surface area contributed by atoms with Gasteiger partial charge in [0.05, 0.1) is 0 Å². The number of hydrogen-bond donors (Lipinski definition) is 0. The van der Waals surface area contributed by atoms with E-state index in [1.54, 1.807) is 4.91 Å². The van der Waals surface area contributed by atoms with E-state index in [1.165, 1.54) is 56.3 Å². The highest BCUT2D eigenvalue weighted by Gasteiger charge is 2.14. The van der Waals surface area contributed by atoms with Gasteiger partial charge in [0, 0.05) is 4.90 Å². The maximum atomic E-state index is 2.49. The minimum absolute atomic E-state index is 0. The molecule has 1 aromatic carbocycles. The summed E-state index contributed by atoms with van der Waals surface area (Å²) in [6, 6.07) is 10.8. The third-order valence-corrected chi connectivity index (χ3v) is 5.08.